The molecule has 0 bridgehead atoms. The predicted octanol–water partition coefficient (Wildman–Crippen LogP) is 4.19. The molecule has 1 aliphatic rings. The van der Waals surface area contributed by atoms with Gasteiger partial charge < -0.3 is 5.32 Å². The van der Waals surface area contributed by atoms with Gasteiger partial charge in [0.05, 0.1) is 11.2 Å². The Labute approximate surface area is 131 Å². The summed E-state index contributed by atoms with van der Waals surface area (Å²) in [5, 5.41) is 6.67. The van der Waals surface area contributed by atoms with E-state index in [2.05, 4.69) is 39.9 Å². The number of rotatable bonds is 5. The lowest BCUT2D eigenvalue weighted by molar-refractivity contribution is 0.695. The van der Waals surface area contributed by atoms with Crippen LogP contribution in [0.3, 0.4) is 0 Å². The van der Waals surface area contributed by atoms with Crippen molar-refractivity contribution in [3.63, 3.8) is 0 Å². The summed E-state index contributed by atoms with van der Waals surface area (Å²) >= 11 is 3.37. The molecule has 0 radical (unpaired) electrons. The van der Waals surface area contributed by atoms with Crippen molar-refractivity contribution in [2.45, 2.75) is 25.4 Å². The van der Waals surface area contributed by atoms with E-state index < -0.39 is 0 Å². The summed E-state index contributed by atoms with van der Waals surface area (Å²) in [5.41, 5.74) is 5.13. The second-order valence-electron chi connectivity index (χ2n) is 5.19. The largest absolute Gasteiger partial charge is 0.309 e. The van der Waals surface area contributed by atoms with Crippen LogP contribution in [0, 0.1) is 0 Å². The van der Waals surface area contributed by atoms with E-state index in [0.717, 1.165) is 22.9 Å². The highest BCUT2D eigenvalue weighted by Gasteiger charge is 2.22. The van der Waals surface area contributed by atoms with Crippen molar-refractivity contribution in [3.05, 3.63) is 46.1 Å². The van der Waals surface area contributed by atoms with Gasteiger partial charge in [-0.05, 0) is 12.8 Å². The van der Waals surface area contributed by atoms with Gasteiger partial charge in [-0.15, -0.1) is 22.7 Å². The predicted molar refractivity (Wildman–Crippen MR) is 88.5 cm³/mol. The van der Waals surface area contributed by atoms with Crippen LogP contribution in [0.1, 0.15) is 17.7 Å². The van der Waals surface area contributed by atoms with E-state index in [1.165, 1.54) is 23.3 Å². The van der Waals surface area contributed by atoms with Crippen LogP contribution in [0.15, 0.2) is 41.2 Å². The molecule has 2 heterocycles. The van der Waals surface area contributed by atoms with Crippen molar-refractivity contribution in [3.8, 4) is 22.0 Å². The molecule has 1 saturated carbocycles. The zero-order valence-electron chi connectivity index (χ0n) is 11.5. The summed E-state index contributed by atoms with van der Waals surface area (Å²) in [4.78, 5) is 10.5. The Morgan fingerprint density at radius 3 is 2.76 bits per heavy atom. The molecule has 0 unspecified atom stereocenters. The second kappa shape index (κ2) is 5.67. The lowest BCUT2D eigenvalue weighted by atomic mass is 10.1. The van der Waals surface area contributed by atoms with E-state index in [4.69, 9.17) is 4.98 Å². The van der Waals surface area contributed by atoms with Crippen molar-refractivity contribution < 1.29 is 0 Å². The summed E-state index contributed by atoms with van der Waals surface area (Å²) in [5.74, 6) is 0. The molecule has 1 aromatic carbocycles. The molecule has 0 saturated heterocycles. The molecule has 0 spiro atoms. The van der Waals surface area contributed by atoms with Gasteiger partial charge in [0.1, 0.15) is 10.7 Å². The summed E-state index contributed by atoms with van der Waals surface area (Å²) in [6.45, 7) is 0.900. The van der Waals surface area contributed by atoms with Crippen LogP contribution in [-0.4, -0.2) is 16.0 Å². The van der Waals surface area contributed by atoms with Crippen LogP contribution in [-0.2, 0) is 6.54 Å². The minimum atomic E-state index is 0.707. The highest BCUT2D eigenvalue weighted by molar-refractivity contribution is 7.16. The summed E-state index contributed by atoms with van der Waals surface area (Å²) in [6.07, 6.45) is 2.61. The van der Waals surface area contributed by atoms with E-state index in [1.807, 2.05) is 11.6 Å². The van der Waals surface area contributed by atoms with Crippen molar-refractivity contribution in [2.75, 3.05) is 0 Å². The average molecular weight is 313 g/mol. The molecule has 1 N–H and O–H groups in total. The Balaban J connectivity index is 1.71. The molecular formula is C16H15N3S2. The number of hydrogen-bond acceptors (Lipinski definition) is 5. The smallest absolute Gasteiger partial charge is 0.143 e. The van der Waals surface area contributed by atoms with Gasteiger partial charge in [0, 0.05) is 28.4 Å². The molecular weight excluding hydrogens is 298 g/mol. The molecule has 2 aromatic heterocycles. The van der Waals surface area contributed by atoms with Crippen LogP contribution in [0.2, 0.25) is 0 Å². The molecule has 21 heavy (non-hydrogen) atoms. The van der Waals surface area contributed by atoms with Crippen LogP contribution in [0.4, 0.5) is 0 Å². The van der Waals surface area contributed by atoms with E-state index in [1.54, 1.807) is 22.7 Å². The van der Waals surface area contributed by atoms with Gasteiger partial charge in [0.2, 0.25) is 0 Å². The molecule has 106 valence electrons. The Morgan fingerprint density at radius 2 is 2.05 bits per heavy atom. The fraction of sp³-hybridized carbons (Fsp3) is 0.250. The summed E-state index contributed by atoms with van der Waals surface area (Å²) in [6, 6.07) is 11.1. The van der Waals surface area contributed by atoms with E-state index in [0.29, 0.717) is 6.04 Å². The zero-order chi connectivity index (χ0) is 14.1. The fourth-order valence-corrected chi connectivity index (χ4v) is 3.86. The van der Waals surface area contributed by atoms with E-state index in [9.17, 15) is 0 Å². The molecule has 0 atom stereocenters. The van der Waals surface area contributed by atoms with E-state index in [-0.39, 0.29) is 0 Å². The quantitative estimate of drug-likeness (QED) is 0.767. The van der Waals surface area contributed by atoms with Crippen molar-refractivity contribution in [1.82, 2.24) is 15.3 Å². The zero-order valence-corrected chi connectivity index (χ0v) is 13.1. The number of hydrogen-bond donors (Lipinski definition) is 1. The van der Waals surface area contributed by atoms with Crippen LogP contribution in [0.25, 0.3) is 22.0 Å². The van der Waals surface area contributed by atoms with Gasteiger partial charge in [-0.1, -0.05) is 30.3 Å². The first-order valence-electron chi connectivity index (χ1n) is 7.07. The normalized spacial score (nSPS) is 14.5. The third-order valence-corrected chi connectivity index (χ3v) is 5.19. The Morgan fingerprint density at radius 1 is 1.19 bits per heavy atom. The molecule has 1 aliphatic carbocycles. The number of nitrogens with one attached hydrogen (secondary N) is 1. The lowest BCUT2D eigenvalue weighted by Crippen LogP contribution is -2.14. The van der Waals surface area contributed by atoms with Crippen molar-refractivity contribution in [2.24, 2.45) is 0 Å². The standard InChI is InChI=1S/C16H15N3S2/c1-2-4-11(5-3-1)15-14(8-17-12-6-7-12)21-16(19-15)13-9-20-10-18-13/h1-5,9-10,12,17H,6-8H2. The third-order valence-electron chi connectivity index (χ3n) is 3.52. The van der Waals surface area contributed by atoms with Gasteiger partial charge in [0.15, 0.2) is 0 Å². The minimum Gasteiger partial charge on any atom is -0.309 e. The number of benzene rings is 1. The van der Waals surface area contributed by atoms with Gasteiger partial charge >= 0.3 is 0 Å². The SMILES string of the molecule is c1ccc(-c2nc(-c3cscn3)sc2CNC2CC2)cc1. The Kier molecular flexibility index (Phi) is 3.55. The maximum atomic E-state index is 4.84. The summed E-state index contributed by atoms with van der Waals surface area (Å²) < 4.78 is 0. The molecule has 3 nitrogen and oxygen atoms in total. The van der Waals surface area contributed by atoms with Crippen molar-refractivity contribution >= 4 is 22.7 Å². The number of aromatic nitrogens is 2. The molecule has 0 aliphatic heterocycles. The fourth-order valence-electron chi connectivity index (χ4n) is 2.25. The topological polar surface area (TPSA) is 37.8 Å². The van der Waals surface area contributed by atoms with Crippen LogP contribution in [0.5, 0.6) is 0 Å². The van der Waals surface area contributed by atoms with Crippen molar-refractivity contribution in [1.29, 1.82) is 0 Å². The first-order chi connectivity index (χ1) is 10.4. The minimum absolute atomic E-state index is 0.707. The first-order valence-corrected chi connectivity index (χ1v) is 8.83. The van der Waals surface area contributed by atoms with Crippen LogP contribution >= 0.6 is 22.7 Å². The molecule has 0 amide bonds. The second-order valence-corrected chi connectivity index (χ2v) is 6.99. The number of thiazole rings is 2. The maximum Gasteiger partial charge on any atom is 0.143 e. The summed E-state index contributed by atoms with van der Waals surface area (Å²) in [7, 11) is 0. The third kappa shape index (κ3) is 2.90. The molecule has 1 fully saturated rings. The highest BCUT2D eigenvalue weighted by Crippen LogP contribution is 2.34. The van der Waals surface area contributed by atoms with Gasteiger partial charge in [-0.2, -0.15) is 0 Å². The van der Waals surface area contributed by atoms with Gasteiger partial charge in [0.25, 0.3) is 0 Å². The highest BCUT2D eigenvalue weighted by atomic mass is 32.1. The first kappa shape index (κ1) is 13.1. The molecule has 5 heteroatoms. The molecule has 4 rings (SSSR count). The monoisotopic (exact) mass is 313 g/mol. The van der Waals surface area contributed by atoms with Gasteiger partial charge in [-0.25, -0.2) is 9.97 Å². The van der Waals surface area contributed by atoms with E-state index >= 15 is 0 Å². The average Bonchev–Trinajstić information content (AvgIpc) is 3.03. The van der Waals surface area contributed by atoms with Crippen LogP contribution < -0.4 is 5.32 Å². The van der Waals surface area contributed by atoms with Gasteiger partial charge in [-0.3, -0.25) is 0 Å². The Hall–Kier alpha value is -1.56. The number of nitrogens with zero attached hydrogens (tertiary/aromatic N) is 2. The Bertz CT molecular complexity index is 715. The maximum absolute atomic E-state index is 4.84. The molecule has 3 aromatic rings. The lowest BCUT2D eigenvalue weighted by Gasteiger charge is -2.03.